The third-order valence-corrected chi connectivity index (χ3v) is 2.16. The fourth-order valence-corrected chi connectivity index (χ4v) is 0.797. The molecule has 0 N–H and O–H groups in total. The minimum Gasteiger partial charge on any atom is -0.304 e. The van der Waals surface area contributed by atoms with E-state index >= 15 is 0 Å². The lowest BCUT2D eigenvalue weighted by atomic mass is 10.1. The lowest BCUT2D eigenvalue weighted by Crippen LogP contribution is -2.32. The van der Waals surface area contributed by atoms with Crippen LogP contribution >= 0.6 is 0 Å². The van der Waals surface area contributed by atoms with Crippen molar-refractivity contribution in [1.29, 1.82) is 0 Å². The van der Waals surface area contributed by atoms with E-state index in [-0.39, 0.29) is 0 Å². The minimum absolute atomic E-state index is 0.718. The van der Waals surface area contributed by atoms with Gasteiger partial charge in [-0.1, -0.05) is 48.5 Å². The van der Waals surface area contributed by atoms with Crippen molar-refractivity contribution in [2.75, 3.05) is 13.6 Å². The maximum atomic E-state index is 2.37. The molecule has 0 amide bonds. The summed E-state index contributed by atoms with van der Waals surface area (Å²) in [6, 6.07) is 0.718. The Morgan fingerprint density at radius 1 is 0.923 bits per heavy atom. The maximum absolute atomic E-state index is 2.37. The molecule has 0 radical (unpaired) electrons. The third kappa shape index (κ3) is 12.0. The van der Waals surface area contributed by atoms with Gasteiger partial charge in [0.2, 0.25) is 0 Å². The van der Waals surface area contributed by atoms with Crippen LogP contribution in [0.5, 0.6) is 0 Å². The van der Waals surface area contributed by atoms with Crippen molar-refractivity contribution in [1.82, 2.24) is 4.90 Å². The molecule has 0 saturated heterocycles. The molecule has 0 aromatic carbocycles. The van der Waals surface area contributed by atoms with Gasteiger partial charge in [0, 0.05) is 6.04 Å². The molecule has 0 spiro atoms. The van der Waals surface area contributed by atoms with E-state index < -0.39 is 0 Å². The molecule has 1 unspecified atom stereocenters. The first-order valence-electron chi connectivity index (χ1n) is 5.79. The first-order chi connectivity index (χ1) is 6.09. The van der Waals surface area contributed by atoms with Gasteiger partial charge in [0.15, 0.2) is 0 Å². The van der Waals surface area contributed by atoms with Crippen LogP contribution in [-0.4, -0.2) is 24.5 Å². The van der Waals surface area contributed by atoms with Crippen molar-refractivity contribution in [3.05, 3.63) is 0 Å². The Hall–Kier alpha value is -0.0400. The summed E-state index contributed by atoms with van der Waals surface area (Å²) in [5, 5.41) is 0. The van der Waals surface area contributed by atoms with Crippen molar-refractivity contribution < 1.29 is 0 Å². The summed E-state index contributed by atoms with van der Waals surface area (Å²) in [7, 11) is 2.17. The molecule has 0 saturated carbocycles. The summed E-state index contributed by atoms with van der Waals surface area (Å²) < 4.78 is 0. The van der Waals surface area contributed by atoms with E-state index in [0.717, 1.165) is 18.5 Å². The fourth-order valence-electron chi connectivity index (χ4n) is 0.797. The van der Waals surface area contributed by atoms with Crippen molar-refractivity contribution in [3.8, 4) is 0 Å². The highest BCUT2D eigenvalue weighted by atomic mass is 15.1. The topological polar surface area (TPSA) is 3.24 Å². The molecule has 0 rings (SSSR count). The number of hydrogen-bond donors (Lipinski definition) is 0. The average Bonchev–Trinajstić information content (AvgIpc) is 2.21. The molecule has 0 aliphatic rings. The lowest BCUT2D eigenvalue weighted by Gasteiger charge is -2.26. The van der Waals surface area contributed by atoms with Gasteiger partial charge in [0.25, 0.3) is 0 Å². The molecule has 0 aromatic rings. The first-order valence-corrected chi connectivity index (χ1v) is 5.79. The van der Waals surface area contributed by atoms with Crippen LogP contribution in [-0.2, 0) is 0 Å². The second-order valence-electron chi connectivity index (χ2n) is 3.06. The van der Waals surface area contributed by atoms with Crippen LogP contribution in [0, 0.1) is 5.92 Å². The van der Waals surface area contributed by atoms with Crippen molar-refractivity contribution in [2.45, 2.75) is 61.4 Å². The maximum Gasteiger partial charge on any atom is 0.00867 e. The Morgan fingerprint density at radius 2 is 1.23 bits per heavy atom. The zero-order valence-corrected chi connectivity index (χ0v) is 11.3. The Balaban J connectivity index is -0.000000218. The monoisotopic (exact) mass is 189 g/mol. The standard InChI is InChI=1S/C8H19N.2C2H6/c1-6-9(5)8(4)7(2)3;2*1-2/h7-8H,6H2,1-5H3;2*1-2H3. The lowest BCUT2D eigenvalue weighted by molar-refractivity contribution is 0.218. The summed E-state index contributed by atoms with van der Waals surface area (Å²) in [4.78, 5) is 2.37. The highest BCUT2D eigenvalue weighted by Gasteiger charge is 2.09. The normalized spacial score (nSPS) is 11.3. The van der Waals surface area contributed by atoms with E-state index in [1.165, 1.54) is 0 Å². The molecule has 13 heavy (non-hydrogen) atoms. The zero-order valence-electron chi connectivity index (χ0n) is 11.3. The quantitative estimate of drug-likeness (QED) is 0.648. The second kappa shape index (κ2) is 14.5. The highest BCUT2D eigenvalue weighted by Crippen LogP contribution is 2.06. The molecule has 1 nitrogen and oxygen atoms in total. The molecule has 0 fully saturated rings. The molecule has 84 valence electrons. The van der Waals surface area contributed by atoms with E-state index in [2.05, 4.69) is 39.6 Å². The van der Waals surface area contributed by atoms with E-state index in [9.17, 15) is 0 Å². The summed E-state index contributed by atoms with van der Waals surface area (Å²) >= 11 is 0. The summed E-state index contributed by atoms with van der Waals surface area (Å²) in [6.45, 7) is 18.1. The first kappa shape index (κ1) is 18.7. The molecule has 0 heterocycles. The van der Waals surface area contributed by atoms with Gasteiger partial charge in [0.05, 0.1) is 0 Å². The predicted octanol–water partition coefficient (Wildman–Crippen LogP) is 4.04. The largest absolute Gasteiger partial charge is 0.304 e. The summed E-state index contributed by atoms with van der Waals surface area (Å²) in [5.74, 6) is 0.773. The zero-order chi connectivity index (χ0) is 11.4. The van der Waals surface area contributed by atoms with Gasteiger partial charge < -0.3 is 4.90 Å². The van der Waals surface area contributed by atoms with E-state index in [1.807, 2.05) is 27.7 Å². The van der Waals surface area contributed by atoms with Gasteiger partial charge in [0.1, 0.15) is 0 Å². The Kier molecular flexibility index (Phi) is 20.8. The molecule has 0 aromatic heterocycles. The van der Waals surface area contributed by atoms with Crippen LogP contribution in [0.3, 0.4) is 0 Å². The Bertz CT molecular complexity index is 69.5. The van der Waals surface area contributed by atoms with E-state index in [1.54, 1.807) is 0 Å². The number of rotatable bonds is 3. The van der Waals surface area contributed by atoms with Gasteiger partial charge in [-0.2, -0.15) is 0 Å². The van der Waals surface area contributed by atoms with Crippen molar-refractivity contribution in [3.63, 3.8) is 0 Å². The summed E-state index contributed by atoms with van der Waals surface area (Å²) in [6.07, 6.45) is 0. The molecule has 0 bridgehead atoms. The van der Waals surface area contributed by atoms with Crippen LogP contribution in [0.15, 0.2) is 0 Å². The Morgan fingerprint density at radius 3 is 1.31 bits per heavy atom. The second-order valence-corrected chi connectivity index (χ2v) is 3.06. The van der Waals surface area contributed by atoms with Gasteiger partial charge >= 0.3 is 0 Å². The number of nitrogens with zero attached hydrogens (tertiary/aromatic N) is 1. The van der Waals surface area contributed by atoms with Crippen LogP contribution in [0.2, 0.25) is 0 Å². The molecular weight excluding hydrogens is 158 g/mol. The smallest absolute Gasteiger partial charge is 0.00867 e. The third-order valence-electron chi connectivity index (χ3n) is 2.16. The average molecular weight is 189 g/mol. The van der Waals surface area contributed by atoms with E-state index in [4.69, 9.17) is 0 Å². The van der Waals surface area contributed by atoms with Gasteiger partial charge in [-0.25, -0.2) is 0 Å². The van der Waals surface area contributed by atoms with Gasteiger partial charge in [-0.15, -0.1) is 0 Å². The molecule has 0 aliphatic heterocycles. The Labute approximate surface area is 86.5 Å². The SMILES string of the molecule is CC.CC.CCN(C)C(C)C(C)C. The molecule has 1 heteroatoms. The van der Waals surface area contributed by atoms with Crippen molar-refractivity contribution >= 4 is 0 Å². The molecule has 0 aliphatic carbocycles. The highest BCUT2D eigenvalue weighted by molar-refractivity contribution is 4.64. The van der Waals surface area contributed by atoms with E-state index in [0.29, 0.717) is 0 Å². The minimum atomic E-state index is 0.718. The van der Waals surface area contributed by atoms with Gasteiger partial charge in [-0.3, -0.25) is 0 Å². The van der Waals surface area contributed by atoms with Crippen LogP contribution in [0.25, 0.3) is 0 Å². The number of hydrogen-bond acceptors (Lipinski definition) is 1. The van der Waals surface area contributed by atoms with Crippen LogP contribution < -0.4 is 0 Å². The van der Waals surface area contributed by atoms with Crippen molar-refractivity contribution in [2.24, 2.45) is 5.92 Å². The fraction of sp³-hybridized carbons (Fsp3) is 1.00. The molecule has 1 atom stereocenters. The molecular formula is C12H31N. The van der Waals surface area contributed by atoms with Crippen LogP contribution in [0.4, 0.5) is 0 Å². The predicted molar refractivity (Wildman–Crippen MR) is 65.3 cm³/mol. The van der Waals surface area contributed by atoms with Crippen LogP contribution in [0.1, 0.15) is 55.4 Å². The van der Waals surface area contributed by atoms with Gasteiger partial charge in [-0.05, 0) is 26.4 Å². The summed E-state index contributed by atoms with van der Waals surface area (Å²) in [5.41, 5.74) is 0.